The van der Waals surface area contributed by atoms with E-state index in [-0.39, 0.29) is 0 Å². The van der Waals surface area contributed by atoms with Gasteiger partial charge in [-0.2, -0.15) is 17.0 Å². The molecule has 0 aliphatic heterocycles. The third kappa shape index (κ3) is 6.17. The molecule has 0 radical (unpaired) electrons. The van der Waals surface area contributed by atoms with E-state index in [0.29, 0.717) is 18.3 Å². The summed E-state index contributed by atoms with van der Waals surface area (Å²) >= 11 is 3.18. The Bertz CT molecular complexity index is 474. The van der Waals surface area contributed by atoms with Crippen molar-refractivity contribution in [2.45, 2.75) is 12.7 Å². The number of thioether (sulfide) groups is 2. The van der Waals surface area contributed by atoms with Crippen LogP contribution in [0.5, 0.6) is 5.75 Å². The number of amidine groups is 1. The molecule has 1 heterocycles. The molecule has 7 heteroatoms. The lowest BCUT2D eigenvalue weighted by Crippen LogP contribution is -2.13. The summed E-state index contributed by atoms with van der Waals surface area (Å²) in [6.07, 6.45) is 5.54. The second-order valence-electron chi connectivity index (χ2n) is 3.56. The molecule has 0 saturated carbocycles. The molecule has 20 heavy (non-hydrogen) atoms. The van der Waals surface area contributed by atoms with Gasteiger partial charge in [0.1, 0.15) is 5.75 Å². The molecule has 0 aliphatic carbocycles. The quantitative estimate of drug-likeness (QED) is 0.274. The van der Waals surface area contributed by atoms with Crippen molar-refractivity contribution in [2.24, 2.45) is 4.99 Å². The number of rotatable bonds is 7. The highest BCUT2D eigenvalue weighted by molar-refractivity contribution is 8.13. The van der Waals surface area contributed by atoms with E-state index in [1.165, 1.54) is 11.8 Å². The molecule has 0 aromatic carbocycles. The van der Waals surface area contributed by atoms with Gasteiger partial charge in [0.25, 0.3) is 0 Å². The Labute approximate surface area is 128 Å². The Morgan fingerprint density at radius 3 is 3.15 bits per heavy atom. The number of ether oxygens (including phenoxy) is 1. The highest BCUT2D eigenvalue weighted by atomic mass is 32.2. The van der Waals surface area contributed by atoms with E-state index in [1.807, 2.05) is 31.5 Å². The minimum Gasteiger partial charge on any atom is -0.492 e. The van der Waals surface area contributed by atoms with E-state index in [9.17, 15) is 0 Å². The fourth-order valence-corrected chi connectivity index (χ4v) is 2.55. The molecule has 0 bridgehead atoms. The molecule has 0 fully saturated rings. The van der Waals surface area contributed by atoms with Crippen LogP contribution in [0.4, 0.5) is 0 Å². The summed E-state index contributed by atoms with van der Waals surface area (Å²) in [5, 5.41) is 11.7. The normalized spacial score (nSPS) is 10.9. The number of hydrogen-bond acceptors (Lipinski definition) is 6. The topological polar surface area (TPSA) is 70.3 Å². The Morgan fingerprint density at radius 2 is 2.45 bits per heavy atom. The Kier molecular flexibility index (Phi) is 8.67. The molecule has 0 unspecified atom stereocenters. The number of nitrogens with one attached hydrogen (secondary N) is 1. The summed E-state index contributed by atoms with van der Waals surface area (Å²) in [4.78, 5) is 8.63. The van der Waals surface area contributed by atoms with Gasteiger partial charge in [0.05, 0.1) is 18.8 Å². The van der Waals surface area contributed by atoms with E-state index in [0.717, 1.165) is 22.9 Å². The minimum absolute atomic E-state index is 0.643. The maximum absolute atomic E-state index is 8.52. The molecule has 5 nitrogen and oxygen atoms in total. The summed E-state index contributed by atoms with van der Waals surface area (Å²) in [7, 11) is 0. The Morgan fingerprint density at radius 1 is 1.60 bits per heavy atom. The van der Waals surface area contributed by atoms with Crippen LogP contribution in [0.3, 0.4) is 0 Å². The monoisotopic (exact) mass is 310 g/mol. The first kappa shape index (κ1) is 16.7. The van der Waals surface area contributed by atoms with Crippen molar-refractivity contribution in [3.63, 3.8) is 0 Å². The minimum atomic E-state index is 0.643. The van der Waals surface area contributed by atoms with E-state index >= 15 is 0 Å². The second-order valence-corrected chi connectivity index (χ2v) is 5.46. The van der Waals surface area contributed by atoms with Crippen molar-refractivity contribution in [2.75, 3.05) is 25.2 Å². The van der Waals surface area contributed by atoms with Crippen molar-refractivity contribution in [1.82, 2.24) is 10.3 Å². The highest BCUT2D eigenvalue weighted by Gasteiger charge is 2.03. The van der Waals surface area contributed by atoms with Crippen molar-refractivity contribution < 1.29 is 4.74 Å². The summed E-state index contributed by atoms with van der Waals surface area (Å²) in [5.41, 5.74) is 0.962. The molecule has 0 spiro atoms. The lowest BCUT2D eigenvalue weighted by molar-refractivity contribution is 0.336. The van der Waals surface area contributed by atoms with Gasteiger partial charge < -0.3 is 4.74 Å². The van der Waals surface area contributed by atoms with E-state index < -0.39 is 0 Å². The van der Waals surface area contributed by atoms with Gasteiger partial charge in [-0.1, -0.05) is 11.8 Å². The van der Waals surface area contributed by atoms with Crippen molar-refractivity contribution >= 4 is 28.7 Å². The zero-order valence-electron chi connectivity index (χ0n) is 11.6. The number of nitrogens with zero attached hydrogens (tertiary/aromatic N) is 3. The maximum Gasteiger partial charge on any atom is 0.183 e. The largest absolute Gasteiger partial charge is 0.492 e. The third-order valence-corrected chi connectivity index (χ3v) is 3.80. The van der Waals surface area contributed by atoms with Crippen LogP contribution < -0.4 is 10.1 Å². The standard InChI is InChI=1S/C13H18N4OS2/c1-3-18-12-5-4-6-15-11(12)9-20-8-7-16-13(19-2)17-10-14/h4-6H,3,7-9H2,1-2H3,(H,16,17). The Balaban J connectivity index is 2.36. The fourth-order valence-electron chi connectivity index (χ4n) is 1.40. The molecule has 0 saturated heterocycles. The van der Waals surface area contributed by atoms with Gasteiger partial charge in [0, 0.05) is 17.7 Å². The van der Waals surface area contributed by atoms with E-state index in [1.54, 1.807) is 18.0 Å². The van der Waals surface area contributed by atoms with Crippen LogP contribution in [0.2, 0.25) is 0 Å². The van der Waals surface area contributed by atoms with Crippen LogP contribution in [0.1, 0.15) is 12.6 Å². The fraction of sp³-hybridized carbons (Fsp3) is 0.462. The molecular formula is C13H18N4OS2. The Hall–Kier alpha value is -1.39. The summed E-state index contributed by atoms with van der Waals surface area (Å²) in [5.74, 6) is 2.52. The number of hydrogen-bond donors (Lipinski definition) is 1. The summed E-state index contributed by atoms with van der Waals surface area (Å²) in [6.45, 7) is 3.28. The van der Waals surface area contributed by atoms with Crippen molar-refractivity contribution in [1.29, 1.82) is 5.26 Å². The number of aliphatic imine (C=N–C) groups is 1. The molecule has 0 atom stereocenters. The van der Waals surface area contributed by atoms with Crippen LogP contribution in [0.25, 0.3) is 0 Å². The zero-order chi connectivity index (χ0) is 14.6. The predicted molar refractivity (Wildman–Crippen MR) is 86.1 cm³/mol. The molecule has 1 aromatic heterocycles. The molecule has 0 amide bonds. The third-order valence-electron chi connectivity index (χ3n) is 2.23. The van der Waals surface area contributed by atoms with Gasteiger partial charge in [-0.05, 0) is 25.3 Å². The molecule has 1 rings (SSSR count). The molecule has 108 valence electrons. The first-order valence-electron chi connectivity index (χ1n) is 6.19. The first-order chi connectivity index (χ1) is 9.81. The lowest BCUT2D eigenvalue weighted by atomic mass is 10.3. The molecule has 1 aromatic rings. The zero-order valence-corrected chi connectivity index (χ0v) is 13.3. The van der Waals surface area contributed by atoms with Crippen LogP contribution in [-0.4, -0.2) is 35.3 Å². The number of nitriles is 1. The van der Waals surface area contributed by atoms with Crippen LogP contribution in [-0.2, 0) is 5.75 Å². The molecule has 1 N–H and O–H groups in total. The van der Waals surface area contributed by atoms with Gasteiger partial charge in [0.2, 0.25) is 0 Å². The van der Waals surface area contributed by atoms with E-state index in [2.05, 4.69) is 15.3 Å². The van der Waals surface area contributed by atoms with Gasteiger partial charge >= 0.3 is 0 Å². The molecule has 0 aliphatic rings. The summed E-state index contributed by atoms with van der Waals surface area (Å²) in [6, 6.07) is 3.81. The number of pyridine rings is 1. The van der Waals surface area contributed by atoms with Gasteiger partial charge in [-0.25, -0.2) is 0 Å². The average molecular weight is 310 g/mol. The van der Waals surface area contributed by atoms with Gasteiger partial charge in [-0.3, -0.25) is 15.3 Å². The number of aromatic nitrogens is 1. The first-order valence-corrected chi connectivity index (χ1v) is 8.57. The lowest BCUT2D eigenvalue weighted by Gasteiger charge is -2.08. The highest BCUT2D eigenvalue weighted by Crippen LogP contribution is 2.20. The summed E-state index contributed by atoms with van der Waals surface area (Å²) < 4.78 is 5.53. The molecular weight excluding hydrogens is 292 g/mol. The predicted octanol–water partition coefficient (Wildman–Crippen LogP) is 2.50. The van der Waals surface area contributed by atoms with Gasteiger partial charge in [0.15, 0.2) is 11.4 Å². The van der Waals surface area contributed by atoms with Crippen LogP contribution in [0.15, 0.2) is 23.3 Å². The van der Waals surface area contributed by atoms with E-state index in [4.69, 9.17) is 10.00 Å². The maximum atomic E-state index is 8.52. The van der Waals surface area contributed by atoms with Gasteiger partial charge in [-0.15, -0.1) is 0 Å². The second kappa shape index (κ2) is 10.4. The smallest absolute Gasteiger partial charge is 0.183 e. The SMILES string of the molecule is CCOc1cccnc1CSCC/N=C(/NC#N)SC. The van der Waals surface area contributed by atoms with Crippen LogP contribution >= 0.6 is 23.5 Å². The van der Waals surface area contributed by atoms with Crippen molar-refractivity contribution in [3.8, 4) is 11.9 Å². The van der Waals surface area contributed by atoms with Crippen molar-refractivity contribution in [3.05, 3.63) is 24.0 Å². The average Bonchev–Trinajstić information content (AvgIpc) is 2.47. The van der Waals surface area contributed by atoms with Crippen LogP contribution in [0, 0.1) is 11.5 Å².